The summed E-state index contributed by atoms with van der Waals surface area (Å²) >= 11 is 0. The van der Waals surface area contributed by atoms with Crippen LogP contribution < -0.4 is 11.1 Å². The average Bonchev–Trinajstić information content (AvgIpc) is 3.27. The minimum Gasteiger partial charge on any atom is -0.351 e. The van der Waals surface area contributed by atoms with Crippen LogP contribution >= 0.6 is 0 Å². The first kappa shape index (κ1) is 20.9. The zero-order valence-corrected chi connectivity index (χ0v) is 19.9. The number of hydrogen-bond acceptors (Lipinski definition) is 3. The Morgan fingerprint density at radius 2 is 1.53 bits per heavy atom. The average molecular weight is 467 g/mol. The zero-order chi connectivity index (χ0) is 24.1. The highest BCUT2D eigenvalue weighted by atomic mass is 15.2. The molecule has 3 N–H and O–H groups in total. The van der Waals surface area contributed by atoms with Crippen molar-refractivity contribution >= 4 is 38.9 Å². The number of hydrogen-bond donors (Lipinski definition) is 2. The second-order valence-corrected chi connectivity index (χ2v) is 9.40. The van der Waals surface area contributed by atoms with Crippen LogP contribution in [0.4, 0.5) is 5.69 Å². The highest BCUT2D eigenvalue weighted by Gasteiger charge is 2.19. The molecule has 0 radical (unpaired) electrons. The molecule has 0 saturated carbocycles. The molecular weight excluding hydrogens is 440 g/mol. The molecule has 2 aliphatic rings. The largest absolute Gasteiger partial charge is 0.351 e. The molecule has 0 spiro atoms. The van der Waals surface area contributed by atoms with E-state index in [2.05, 4.69) is 106 Å². The van der Waals surface area contributed by atoms with Gasteiger partial charge in [-0.2, -0.15) is 0 Å². The third-order valence-electron chi connectivity index (χ3n) is 7.20. The minimum absolute atomic E-state index is 0.441. The molecular formula is C32H26N4. The molecule has 5 aromatic rings. The van der Waals surface area contributed by atoms with Gasteiger partial charge in [-0.3, -0.25) is 5.73 Å². The Morgan fingerprint density at radius 1 is 0.778 bits per heavy atom. The fraction of sp³-hybridized carbons (Fsp3) is 0.0938. The van der Waals surface area contributed by atoms with E-state index < -0.39 is 6.29 Å². The van der Waals surface area contributed by atoms with Crippen molar-refractivity contribution in [2.75, 3.05) is 5.32 Å². The fourth-order valence-electron chi connectivity index (χ4n) is 5.50. The molecule has 1 aliphatic heterocycles. The summed E-state index contributed by atoms with van der Waals surface area (Å²) in [6.45, 7) is 0. The topological polar surface area (TPSA) is 55.3 Å². The van der Waals surface area contributed by atoms with Gasteiger partial charge in [0.2, 0.25) is 0 Å². The highest BCUT2D eigenvalue weighted by Crippen LogP contribution is 2.36. The van der Waals surface area contributed by atoms with Crippen molar-refractivity contribution in [1.29, 1.82) is 0 Å². The number of nitrogens with two attached hydrogens (primary N) is 1. The number of rotatable bonds is 3. The van der Waals surface area contributed by atoms with Crippen LogP contribution in [0.25, 0.3) is 38.6 Å². The molecule has 7 rings (SSSR count). The summed E-state index contributed by atoms with van der Waals surface area (Å²) in [6.07, 6.45) is 8.36. The van der Waals surface area contributed by atoms with Crippen molar-refractivity contribution in [3.05, 3.63) is 120 Å². The maximum atomic E-state index is 6.14. The summed E-state index contributed by atoms with van der Waals surface area (Å²) in [7, 11) is 0. The van der Waals surface area contributed by atoms with Gasteiger partial charge in [-0.05, 0) is 54.3 Å². The molecule has 4 aromatic carbocycles. The first-order valence-corrected chi connectivity index (χ1v) is 12.5. The Morgan fingerprint density at radius 3 is 2.39 bits per heavy atom. The second kappa shape index (κ2) is 8.36. The van der Waals surface area contributed by atoms with E-state index in [4.69, 9.17) is 5.73 Å². The van der Waals surface area contributed by atoms with Crippen LogP contribution in [0.2, 0.25) is 0 Å². The molecule has 2 heterocycles. The number of benzene rings is 4. The van der Waals surface area contributed by atoms with Crippen molar-refractivity contribution in [2.45, 2.75) is 19.1 Å². The van der Waals surface area contributed by atoms with Crippen LogP contribution in [-0.4, -0.2) is 16.6 Å². The lowest BCUT2D eigenvalue weighted by Gasteiger charge is -2.23. The number of anilines is 1. The van der Waals surface area contributed by atoms with Crippen molar-refractivity contribution < 1.29 is 0 Å². The van der Waals surface area contributed by atoms with Crippen LogP contribution in [0.5, 0.6) is 0 Å². The maximum Gasteiger partial charge on any atom is 0.171 e. The van der Waals surface area contributed by atoms with Gasteiger partial charge in [0.15, 0.2) is 6.29 Å². The quantitative estimate of drug-likeness (QED) is 0.296. The van der Waals surface area contributed by atoms with E-state index >= 15 is 0 Å². The predicted octanol–water partition coefficient (Wildman–Crippen LogP) is 7.16. The molecule has 1 aliphatic carbocycles. The summed E-state index contributed by atoms with van der Waals surface area (Å²) in [5.74, 6) is 0. The van der Waals surface area contributed by atoms with Gasteiger partial charge >= 0.3 is 0 Å². The van der Waals surface area contributed by atoms with Crippen molar-refractivity contribution in [3.8, 4) is 11.1 Å². The minimum atomic E-state index is -0.441. The number of allylic oxidation sites excluding steroid dienone is 4. The third-order valence-corrected chi connectivity index (χ3v) is 7.20. The molecule has 36 heavy (non-hydrogen) atoms. The van der Waals surface area contributed by atoms with Gasteiger partial charge < -0.3 is 9.88 Å². The van der Waals surface area contributed by atoms with E-state index in [1.165, 1.54) is 38.6 Å². The summed E-state index contributed by atoms with van der Waals surface area (Å²) in [5.41, 5.74) is 16.5. The number of aliphatic imine (C=N–C) groups is 1. The van der Waals surface area contributed by atoms with Gasteiger partial charge in [0, 0.05) is 33.3 Å². The number of nitrogens with zero attached hydrogens (tertiary/aromatic N) is 2. The van der Waals surface area contributed by atoms with Crippen LogP contribution in [-0.2, 0) is 0 Å². The van der Waals surface area contributed by atoms with E-state index in [-0.39, 0.29) is 0 Å². The number of fused-ring (bicyclic) bond motifs is 4. The van der Waals surface area contributed by atoms with E-state index in [1.54, 1.807) is 0 Å². The van der Waals surface area contributed by atoms with Crippen LogP contribution in [0.15, 0.2) is 114 Å². The van der Waals surface area contributed by atoms with Crippen molar-refractivity contribution in [2.24, 2.45) is 10.7 Å². The summed E-state index contributed by atoms with van der Waals surface area (Å²) in [6, 6.07) is 32.4. The monoisotopic (exact) mass is 466 g/mol. The Bertz CT molecular complexity index is 1720. The highest BCUT2D eigenvalue weighted by molar-refractivity contribution is 6.17. The van der Waals surface area contributed by atoms with Gasteiger partial charge in [-0.25, -0.2) is 4.99 Å². The Balaban J connectivity index is 1.31. The van der Waals surface area contributed by atoms with E-state index in [1.807, 2.05) is 18.2 Å². The first-order valence-electron chi connectivity index (χ1n) is 12.5. The molecule has 0 fully saturated rings. The Kier molecular flexibility index (Phi) is 4.86. The molecule has 1 atom stereocenters. The third kappa shape index (κ3) is 3.38. The normalized spacial score (nSPS) is 17.0. The summed E-state index contributed by atoms with van der Waals surface area (Å²) < 4.78 is 2.43. The molecule has 0 saturated heterocycles. The van der Waals surface area contributed by atoms with Crippen LogP contribution in [0, 0.1) is 0 Å². The van der Waals surface area contributed by atoms with Gasteiger partial charge in [0.25, 0.3) is 0 Å². The fourth-order valence-corrected chi connectivity index (χ4v) is 5.50. The van der Waals surface area contributed by atoms with Crippen LogP contribution in [0.3, 0.4) is 0 Å². The Labute approximate surface area is 210 Å². The van der Waals surface area contributed by atoms with Gasteiger partial charge in [0.05, 0.1) is 16.7 Å². The van der Waals surface area contributed by atoms with Gasteiger partial charge in [0.1, 0.15) is 0 Å². The zero-order valence-electron chi connectivity index (χ0n) is 19.9. The predicted molar refractivity (Wildman–Crippen MR) is 151 cm³/mol. The molecule has 4 nitrogen and oxygen atoms in total. The molecule has 4 heteroatoms. The van der Waals surface area contributed by atoms with Crippen molar-refractivity contribution in [3.63, 3.8) is 0 Å². The van der Waals surface area contributed by atoms with Crippen LogP contribution in [0.1, 0.15) is 24.0 Å². The molecule has 174 valence electrons. The van der Waals surface area contributed by atoms with Crippen molar-refractivity contribution in [1.82, 2.24) is 4.57 Å². The number of nitrogens with one attached hydrogen (secondary N) is 1. The molecule has 1 unspecified atom stereocenters. The number of para-hydroxylation sites is 2. The van der Waals surface area contributed by atoms with Gasteiger partial charge in [-0.15, -0.1) is 0 Å². The summed E-state index contributed by atoms with van der Waals surface area (Å²) in [4.78, 5) is 4.69. The Hall–Kier alpha value is -4.41. The van der Waals surface area contributed by atoms with Gasteiger partial charge in [-0.1, -0.05) is 78.9 Å². The SMILES string of the molecule is NC1N=C(c2ccc(-c3ccc4c(c3)c3ccccc3n4C3=CC=CCC3)cc2)c2ccccc2N1. The lowest BCUT2D eigenvalue weighted by molar-refractivity contribution is 0.801. The summed E-state index contributed by atoms with van der Waals surface area (Å²) in [5, 5.41) is 5.81. The first-order chi connectivity index (χ1) is 17.8. The number of aromatic nitrogens is 1. The lowest BCUT2D eigenvalue weighted by atomic mass is 9.96. The lowest BCUT2D eigenvalue weighted by Crippen LogP contribution is -2.33. The second-order valence-electron chi connectivity index (χ2n) is 9.40. The maximum absolute atomic E-state index is 6.14. The molecule has 1 aromatic heterocycles. The van der Waals surface area contributed by atoms with E-state index in [9.17, 15) is 0 Å². The van der Waals surface area contributed by atoms with E-state index in [0.717, 1.165) is 35.4 Å². The van der Waals surface area contributed by atoms with E-state index in [0.29, 0.717) is 0 Å². The standard InChI is InChI=1S/C32H26N4/c33-32-34-28-12-6-4-11-26(28)31(35-32)22-16-14-21(15-17-22)23-18-19-30-27(20-23)25-10-5-7-13-29(25)36(30)24-8-2-1-3-9-24/h1-2,4-8,10-20,32,34H,3,9,33H2. The smallest absolute Gasteiger partial charge is 0.171 e. The molecule has 0 amide bonds. The molecule has 0 bridgehead atoms.